The fraction of sp³-hybridized carbons (Fsp3) is 0.500. The second-order valence-corrected chi connectivity index (χ2v) is 6.56. The van der Waals surface area contributed by atoms with Gasteiger partial charge >= 0.3 is 0 Å². The zero-order valence-electron chi connectivity index (χ0n) is 11.2. The molecule has 8 heteroatoms. The second kappa shape index (κ2) is 8.43. The average molecular weight is 323 g/mol. The summed E-state index contributed by atoms with van der Waals surface area (Å²) in [6.45, 7) is 1.18. The minimum Gasteiger partial charge on any atom is -0.491 e. The quantitative estimate of drug-likeness (QED) is 0.566. The molecule has 0 aliphatic rings. The molecule has 3 N–H and O–H groups in total. The monoisotopic (exact) mass is 322 g/mol. The van der Waals surface area contributed by atoms with Gasteiger partial charge in [0.1, 0.15) is 18.5 Å². The van der Waals surface area contributed by atoms with Crippen LogP contribution in [0.4, 0.5) is 0 Å². The van der Waals surface area contributed by atoms with Crippen molar-refractivity contribution in [1.82, 2.24) is 10.0 Å². The predicted octanol–water partition coefficient (Wildman–Crippen LogP) is 0.219. The van der Waals surface area contributed by atoms with Crippen molar-refractivity contribution in [3.63, 3.8) is 0 Å². The van der Waals surface area contributed by atoms with Crippen molar-refractivity contribution in [2.45, 2.75) is 6.10 Å². The van der Waals surface area contributed by atoms with E-state index in [0.29, 0.717) is 23.9 Å². The topological polar surface area (TPSA) is 87.7 Å². The van der Waals surface area contributed by atoms with Gasteiger partial charge in [-0.2, -0.15) is 0 Å². The van der Waals surface area contributed by atoms with Crippen LogP contribution < -0.4 is 14.8 Å². The van der Waals surface area contributed by atoms with E-state index in [1.165, 1.54) is 0 Å². The normalized spacial score (nSPS) is 13.2. The zero-order chi connectivity index (χ0) is 15.0. The van der Waals surface area contributed by atoms with Gasteiger partial charge in [0.25, 0.3) is 0 Å². The number of halogens is 1. The standard InChI is InChI=1S/C12H19ClN2O4S/c1-20(17,18)15-7-6-14-8-11(16)9-19-12-4-2-10(13)3-5-12/h2-5,11,14-16H,6-9H2,1H3. The Balaban J connectivity index is 2.11. The fourth-order valence-corrected chi connectivity index (χ4v) is 1.97. The lowest BCUT2D eigenvalue weighted by molar-refractivity contribution is 0.107. The Bertz CT molecular complexity index is 493. The molecule has 0 saturated carbocycles. The number of benzene rings is 1. The van der Waals surface area contributed by atoms with Crippen LogP contribution in [0.25, 0.3) is 0 Å². The largest absolute Gasteiger partial charge is 0.491 e. The van der Waals surface area contributed by atoms with E-state index < -0.39 is 16.1 Å². The smallest absolute Gasteiger partial charge is 0.208 e. The van der Waals surface area contributed by atoms with Crippen molar-refractivity contribution in [3.8, 4) is 5.75 Å². The highest BCUT2D eigenvalue weighted by atomic mass is 35.5. The third kappa shape index (κ3) is 8.34. The van der Waals surface area contributed by atoms with E-state index in [0.717, 1.165) is 6.26 Å². The molecule has 0 saturated heterocycles. The molecule has 1 unspecified atom stereocenters. The van der Waals surface area contributed by atoms with Crippen LogP contribution in [0.3, 0.4) is 0 Å². The first-order chi connectivity index (χ1) is 9.37. The van der Waals surface area contributed by atoms with Gasteiger partial charge in [-0.1, -0.05) is 11.6 Å². The molecule has 0 aromatic heterocycles. The third-order valence-corrected chi connectivity index (χ3v) is 3.28. The number of sulfonamides is 1. The minimum absolute atomic E-state index is 0.147. The van der Waals surface area contributed by atoms with Crippen molar-refractivity contribution in [1.29, 1.82) is 0 Å². The van der Waals surface area contributed by atoms with Crippen LogP contribution in [-0.2, 0) is 10.0 Å². The number of rotatable bonds is 9. The number of ether oxygens (including phenoxy) is 1. The van der Waals surface area contributed by atoms with E-state index in [1.807, 2.05) is 0 Å². The second-order valence-electron chi connectivity index (χ2n) is 4.29. The number of aliphatic hydroxyl groups is 1. The maximum Gasteiger partial charge on any atom is 0.208 e. The SMILES string of the molecule is CS(=O)(=O)NCCNCC(O)COc1ccc(Cl)cc1. The molecule has 0 spiro atoms. The van der Waals surface area contributed by atoms with Crippen molar-refractivity contribution in [2.24, 2.45) is 0 Å². The maximum atomic E-state index is 10.8. The molecule has 20 heavy (non-hydrogen) atoms. The molecule has 6 nitrogen and oxygen atoms in total. The van der Waals surface area contributed by atoms with Gasteiger partial charge in [-0.15, -0.1) is 0 Å². The molecule has 0 heterocycles. The van der Waals surface area contributed by atoms with Gasteiger partial charge in [0.05, 0.1) is 6.26 Å². The Kier molecular flexibility index (Phi) is 7.25. The summed E-state index contributed by atoms with van der Waals surface area (Å²) in [5, 5.41) is 13.2. The van der Waals surface area contributed by atoms with Crippen molar-refractivity contribution in [2.75, 3.05) is 32.5 Å². The lowest BCUT2D eigenvalue weighted by Crippen LogP contribution is -2.36. The molecule has 1 rings (SSSR count). The Labute approximate surface area is 124 Å². The van der Waals surface area contributed by atoms with E-state index in [4.69, 9.17) is 16.3 Å². The molecule has 0 amide bonds. The van der Waals surface area contributed by atoms with E-state index in [1.54, 1.807) is 24.3 Å². The van der Waals surface area contributed by atoms with E-state index in [2.05, 4.69) is 10.0 Å². The summed E-state index contributed by atoms with van der Waals surface area (Å²) in [6.07, 6.45) is 0.422. The highest BCUT2D eigenvalue weighted by Crippen LogP contribution is 2.15. The Hall–Kier alpha value is -0.860. The summed E-state index contributed by atoms with van der Waals surface area (Å²) >= 11 is 5.74. The minimum atomic E-state index is -3.16. The number of hydrogen-bond donors (Lipinski definition) is 3. The zero-order valence-corrected chi connectivity index (χ0v) is 12.7. The van der Waals surface area contributed by atoms with Crippen LogP contribution in [0.5, 0.6) is 5.75 Å². The molecule has 0 radical (unpaired) electrons. The molecular formula is C12H19ClN2O4S. The Morgan fingerprint density at radius 1 is 1.30 bits per heavy atom. The highest BCUT2D eigenvalue weighted by Gasteiger charge is 2.05. The summed E-state index contributed by atoms with van der Waals surface area (Å²) in [7, 11) is -3.16. The summed E-state index contributed by atoms with van der Waals surface area (Å²) in [5.74, 6) is 0.632. The summed E-state index contributed by atoms with van der Waals surface area (Å²) in [4.78, 5) is 0. The average Bonchev–Trinajstić information content (AvgIpc) is 2.36. The molecule has 0 aliphatic carbocycles. The van der Waals surface area contributed by atoms with Crippen LogP contribution in [0.2, 0.25) is 5.02 Å². The summed E-state index contributed by atoms with van der Waals surface area (Å²) in [5.41, 5.74) is 0. The van der Waals surface area contributed by atoms with Gasteiger partial charge in [-0.25, -0.2) is 13.1 Å². The fourth-order valence-electron chi connectivity index (χ4n) is 1.38. The number of aliphatic hydroxyl groups excluding tert-OH is 1. The molecule has 1 aromatic rings. The number of hydrogen-bond acceptors (Lipinski definition) is 5. The Morgan fingerprint density at radius 2 is 1.95 bits per heavy atom. The first-order valence-corrected chi connectivity index (χ1v) is 8.35. The predicted molar refractivity (Wildman–Crippen MR) is 78.7 cm³/mol. The molecule has 0 fully saturated rings. The maximum absolute atomic E-state index is 10.8. The van der Waals surface area contributed by atoms with Crippen LogP contribution in [0.1, 0.15) is 0 Å². The van der Waals surface area contributed by atoms with Crippen LogP contribution in [-0.4, -0.2) is 52.1 Å². The van der Waals surface area contributed by atoms with E-state index in [9.17, 15) is 13.5 Å². The molecule has 114 valence electrons. The summed E-state index contributed by atoms with van der Waals surface area (Å²) < 4.78 is 29.3. The van der Waals surface area contributed by atoms with Crippen molar-refractivity contribution in [3.05, 3.63) is 29.3 Å². The van der Waals surface area contributed by atoms with Crippen molar-refractivity contribution >= 4 is 21.6 Å². The van der Waals surface area contributed by atoms with E-state index in [-0.39, 0.29) is 13.2 Å². The molecule has 0 bridgehead atoms. The summed E-state index contributed by atoms with van der Waals surface area (Å²) in [6, 6.07) is 6.85. The lowest BCUT2D eigenvalue weighted by Gasteiger charge is -2.13. The van der Waals surface area contributed by atoms with Crippen LogP contribution in [0, 0.1) is 0 Å². The highest BCUT2D eigenvalue weighted by molar-refractivity contribution is 7.88. The molecule has 0 aliphatic heterocycles. The van der Waals surface area contributed by atoms with Gasteiger partial charge in [0.15, 0.2) is 0 Å². The lowest BCUT2D eigenvalue weighted by atomic mass is 10.3. The van der Waals surface area contributed by atoms with Gasteiger partial charge < -0.3 is 15.2 Å². The van der Waals surface area contributed by atoms with Crippen LogP contribution in [0.15, 0.2) is 24.3 Å². The van der Waals surface area contributed by atoms with Gasteiger partial charge in [0.2, 0.25) is 10.0 Å². The molecular weight excluding hydrogens is 304 g/mol. The van der Waals surface area contributed by atoms with Gasteiger partial charge in [0, 0.05) is 24.7 Å². The molecule has 1 atom stereocenters. The van der Waals surface area contributed by atoms with Crippen molar-refractivity contribution < 1.29 is 18.3 Å². The molecule has 1 aromatic carbocycles. The number of nitrogens with one attached hydrogen (secondary N) is 2. The first kappa shape index (κ1) is 17.2. The van der Waals surface area contributed by atoms with E-state index >= 15 is 0 Å². The van der Waals surface area contributed by atoms with Gasteiger partial charge in [-0.05, 0) is 24.3 Å². The third-order valence-electron chi connectivity index (χ3n) is 2.30. The van der Waals surface area contributed by atoms with Crippen LogP contribution >= 0.6 is 11.6 Å². The van der Waals surface area contributed by atoms with Gasteiger partial charge in [-0.3, -0.25) is 0 Å². The Morgan fingerprint density at radius 3 is 2.55 bits per heavy atom. The first-order valence-electron chi connectivity index (χ1n) is 6.08.